The number of carbonyl (C=O) groups excluding carboxylic acids is 1. The molecule has 50 valence electrons. The van der Waals surface area contributed by atoms with Gasteiger partial charge in [-0.1, -0.05) is 12.7 Å². The van der Waals surface area contributed by atoms with Gasteiger partial charge in [0.2, 0.25) is 0 Å². The smallest absolute Gasteiger partial charge is 0.283 e. The molecular weight excluding hydrogens is 118 g/mol. The van der Waals surface area contributed by atoms with E-state index in [1.807, 2.05) is 0 Å². The second kappa shape index (κ2) is 3.72. The Hall–Kier alpha value is -1.25. The van der Waals surface area contributed by atoms with Gasteiger partial charge in [0.25, 0.3) is 5.91 Å². The molecular formula is C6H9NO2. The number of amides is 1. The van der Waals surface area contributed by atoms with E-state index in [9.17, 15) is 4.79 Å². The predicted molar refractivity (Wildman–Crippen MR) is 34.5 cm³/mol. The highest BCUT2D eigenvalue weighted by Gasteiger charge is 1.99. The molecule has 1 amide bonds. The van der Waals surface area contributed by atoms with Crippen molar-refractivity contribution in [3.05, 3.63) is 24.5 Å². The lowest BCUT2D eigenvalue weighted by Gasteiger charge is -1.96. The molecule has 3 heteroatoms. The number of hydrogen-bond donors (Lipinski definition) is 1. The van der Waals surface area contributed by atoms with Crippen LogP contribution in [0.5, 0.6) is 0 Å². The van der Waals surface area contributed by atoms with Crippen molar-refractivity contribution in [2.24, 2.45) is 5.73 Å². The molecule has 0 aromatic carbocycles. The van der Waals surface area contributed by atoms with Crippen molar-refractivity contribution in [1.29, 1.82) is 0 Å². The quantitative estimate of drug-likeness (QED) is 0.334. The van der Waals surface area contributed by atoms with Gasteiger partial charge in [0.05, 0.1) is 7.11 Å². The fourth-order valence-electron chi connectivity index (χ4n) is 0.358. The van der Waals surface area contributed by atoms with Crippen LogP contribution in [-0.2, 0) is 9.53 Å². The summed E-state index contributed by atoms with van der Waals surface area (Å²) in [7, 11) is 1.38. The van der Waals surface area contributed by atoms with Gasteiger partial charge in [0, 0.05) is 0 Å². The Morgan fingerprint density at radius 2 is 2.33 bits per heavy atom. The standard InChI is InChI=1S/C6H9NO2/c1-3-4-5(9-2)6(7)8/h3-4H,1H2,2H3,(H2,7,8). The number of rotatable bonds is 3. The highest BCUT2D eigenvalue weighted by Crippen LogP contribution is 1.91. The molecule has 0 unspecified atom stereocenters. The molecule has 0 aliphatic rings. The van der Waals surface area contributed by atoms with Crippen LogP contribution in [0.4, 0.5) is 0 Å². The first kappa shape index (κ1) is 7.75. The average molecular weight is 127 g/mol. The monoisotopic (exact) mass is 127 g/mol. The molecule has 0 saturated heterocycles. The van der Waals surface area contributed by atoms with Crippen LogP contribution in [0.2, 0.25) is 0 Å². The Morgan fingerprint density at radius 1 is 1.78 bits per heavy atom. The van der Waals surface area contributed by atoms with Crippen LogP contribution in [0.25, 0.3) is 0 Å². The summed E-state index contributed by atoms with van der Waals surface area (Å²) in [6.07, 6.45) is 2.84. The molecule has 0 radical (unpaired) electrons. The van der Waals surface area contributed by atoms with Gasteiger partial charge in [-0.05, 0) is 6.08 Å². The maximum atomic E-state index is 10.3. The topological polar surface area (TPSA) is 52.3 Å². The predicted octanol–water partition coefficient (Wildman–Crippen LogP) is 0.188. The van der Waals surface area contributed by atoms with Crippen LogP contribution in [0, 0.1) is 0 Å². The molecule has 0 aliphatic heterocycles. The lowest BCUT2D eigenvalue weighted by Crippen LogP contribution is -2.14. The third-order valence-electron chi connectivity index (χ3n) is 0.732. The minimum Gasteiger partial charge on any atom is -0.491 e. The van der Waals surface area contributed by atoms with E-state index < -0.39 is 5.91 Å². The Balaban J connectivity index is 4.14. The zero-order chi connectivity index (χ0) is 7.28. The van der Waals surface area contributed by atoms with Crippen LogP contribution in [0.15, 0.2) is 24.5 Å². The van der Waals surface area contributed by atoms with Gasteiger partial charge in [-0.3, -0.25) is 4.79 Å². The first-order valence-electron chi connectivity index (χ1n) is 2.39. The Labute approximate surface area is 53.8 Å². The van der Waals surface area contributed by atoms with Gasteiger partial charge in [-0.15, -0.1) is 0 Å². The van der Waals surface area contributed by atoms with Crippen molar-refractivity contribution in [3.8, 4) is 0 Å². The first-order valence-corrected chi connectivity index (χ1v) is 2.39. The minimum atomic E-state index is -0.586. The van der Waals surface area contributed by atoms with E-state index in [2.05, 4.69) is 11.3 Å². The summed E-state index contributed by atoms with van der Waals surface area (Å²) in [6.45, 7) is 3.37. The summed E-state index contributed by atoms with van der Waals surface area (Å²) >= 11 is 0. The molecule has 2 N–H and O–H groups in total. The van der Waals surface area contributed by atoms with Crippen LogP contribution < -0.4 is 5.73 Å². The molecule has 0 spiro atoms. The van der Waals surface area contributed by atoms with E-state index >= 15 is 0 Å². The Kier molecular flexibility index (Phi) is 3.20. The van der Waals surface area contributed by atoms with Gasteiger partial charge in [0.1, 0.15) is 0 Å². The number of carbonyl (C=O) groups is 1. The fourth-order valence-corrected chi connectivity index (χ4v) is 0.358. The highest BCUT2D eigenvalue weighted by atomic mass is 16.5. The van der Waals surface area contributed by atoms with E-state index in [1.54, 1.807) is 0 Å². The van der Waals surface area contributed by atoms with E-state index in [-0.39, 0.29) is 5.76 Å². The summed E-state index contributed by atoms with van der Waals surface area (Å²) in [4.78, 5) is 10.3. The van der Waals surface area contributed by atoms with Gasteiger partial charge in [-0.2, -0.15) is 0 Å². The molecule has 0 fully saturated rings. The maximum absolute atomic E-state index is 10.3. The van der Waals surface area contributed by atoms with E-state index in [0.29, 0.717) is 0 Å². The van der Waals surface area contributed by atoms with Crippen molar-refractivity contribution < 1.29 is 9.53 Å². The third-order valence-corrected chi connectivity index (χ3v) is 0.732. The van der Waals surface area contributed by atoms with Gasteiger partial charge in [-0.25, -0.2) is 0 Å². The normalized spacial score (nSPS) is 10.6. The van der Waals surface area contributed by atoms with Crippen LogP contribution in [-0.4, -0.2) is 13.0 Å². The first-order chi connectivity index (χ1) is 4.22. The lowest BCUT2D eigenvalue weighted by molar-refractivity contribution is -0.117. The van der Waals surface area contributed by atoms with Crippen molar-refractivity contribution in [3.63, 3.8) is 0 Å². The van der Waals surface area contributed by atoms with Crippen LogP contribution in [0.1, 0.15) is 0 Å². The summed E-state index contributed by atoms with van der Waals surface area (Å²) in [5.74, 6) is -0.470. The zero-order valence-corrected chi connectivity index (χ0v) is 5.26. The number of primary amides is 1. The van der Waals surface area contributed by atoms with E-state index in [4.69, 9.17) is 5.73 Å². The molecule has 0 bridgehead atoms. The molecule has 0 heterocycles. The number of allylic oxidation sites excluding steroid dienone is 2. The SMILES string of the molecule is C=CC=C(OC)C(N)=O. The zero-order valence-electron chi connectivity index (χ0n) is 5.26. The molecule has 0 rings (SSSR count). The van der Waals surface area contributed by atoms with Gasteiger partial charge < -0.3 is 10.5 Å². The van der Waals surface area contributed by atoms with Gasteiger partial charge in [0.15, 0.2) is 5.76 Å². The van der Waals surface area contributed by atoms with Crippen LogP contribution in [0.3, 0.4) is 0 Å². The largest absolute Gasteiger partial charge is 0.491 e. The Morgan fingerprint density at radius 3 is 2.44 bits per heavy atom. The summed E-state index contributed by atoms with van der Waals surface area (Å²) in [6, 6.07) is 0. The van der Waals surface area contributed by atoms with Crippen molar-refractivity contribution >= 4 is 5.91 Å². The summed E-state index contributed by atoms with van der Waals surface area (Å²) < 4.78 is 4.57. The van der Waals surface area contributed by atoms with Crippen molar-refractivity contribution in [2.75, 3.05) is 7.11 Å². The molecule has 0 aliphatic carbocycles. The van der Waals surface area contributed by atoms with E-state index in [0.717, 1.165) is 0 Å². The number of hydrogen-bond acceptors (Lipinski definition) is 2. The summed E-state index contributed by atoms with van der Waals surface area (Å²) in [5, 5.41) is 0. The fraction of sp³-hybridized carbons (Fsp3) is 0.167. The molecule has 0 aromatic heterocycles. The lowest BCUT2D eigenvalue weighted by atomic mass is 10.4. The number of nitrogens with two attached hydrogens (primary N) is 1. The number of methoxy groups -OCH3 is 1. The second-order valence-corrected chi connectivity index (χ2v) is 1.33. The summed E-state index contributed by atoms with van der Waals surface area (Å²) in [5.41, 5.74) is 4.85. The Bertz CT molecular complexity index is 149. The third kappa shape index (κ3) is 2.54. The molecule has 9 heavy (non-hydrogen) atoms. The minimum absolute atomic E-state index is 0.116. The molecule has 3 nitrogen and oxygen atoms in total. The van der Waals surface area contributed by atoms with Crippen LogP contribution >= 0.6 is 0 Å². The molecule has 0 aromatic rings. The number of ether oxygens (including phenoxy) is 1. The van der Waals surface area contributed by atoms with Crippen molar-refractivity contribution in [2.45, 2.75) is 0 Å². The van der Waals surface area contributed by atoms with Crippen molar-refractivity contribution in [1.82, 2.24) is 0 Å². The molecule has 0 atom stereocenters. The molecule has 0 saturated carbocycles. The van der Waals surface area contributed by atoms with Gasteiger partial charge >= 0.3 is 0 Å². The average Bonchev–Trinajstić information content (AvgIpc) is 1.82. The highest BCUT2D eigenvalue weighted by molar-refractivity contribution is 5.90. The second-order valence-electron chi connectivity index (χ2n) is 1.33. The maximum Gasteiger partial charge on any atom is 0.283 e. The van der Waals surface area contributed by atoms with E-state index in [1.165, 1.54) is 19.3 Å².